The molecule has 1 fully saturated rings. The van der Waals surface area contributed by atoms with Gasteiger partial charge in [-0.2, -0.15) is 0 Å². The van der Waals surface area contributed by atoms with Gasteiger partial charge in [0.15, 0.2) is 0 Å². The van der Waals surface area contributed by atoms with E-state index in [1.807, 2.05) is 11.3 Å². The maximum atomic E-state index is 5.84. The summed E-state index contributed by atoms with van der Waals surface area (Å²) in [6.07, 6.45) is 5.36. The van der Waals surface area contributed by atoms with E-state index in [1.54, 1.807) is 0 Å². The van der Waals surface area contributed by atoms with Gasteiger partial charge in [-0.15, -0.1) is 11.3 Å². The van der Waals surface area contributed by atoms with Gasteiger partial charge >= 0.3 is 0 Å². The SMILES string of the molecule is NCC1CCCCC1c1sccc1Br. The van der Waals surface area contributed by atoms with Crippen molar-refractivity contribution >= 4 is 27.3 Å². The first-order valence-electron chi connectivity index (χ1n) is 5.26. The zero-order valence-electron chi connectivity index (χ0n) is 8.21. The third kappa shape index (κ3) is 2.05. The second-order valence-corrected chi connectivity index (χ2v) is 5.82. The van der Waals surface area contributed by atoms with E-state index in [4.69, 9.17) is 5.73 Å². The van der Waals surface area contributed by atoms with Crippen LogP contribution in [0.25, 0.3) is 0 Å². The molecule has 0 aromatic carbocycles. The summed E-state index contributed by atoms with van der Waals surface area (Å²) in [5, 5.41) is 2.17. The van der Waals surface area contributed by atoms with Crippen LogP contribution in [0.5, 0.6) is 0 Å². The highest BCUT2D eigenvalue weighted by molar-refractivity contribution is 9.10. The summed E-state index contributed by atoms with van der Waals surface area (Å²) in [4.78, 5) is 1.51. The van der Waals surface area contributed by atoms with Crippen LogP contribution < -0.4 is 5.73 Å². The summed E-state index contributed by atoms with van der Waals surface area (Å²) in [6, 6.07) is 2.15. The van der Waals surface area contributed by atoms with Crippen LogP contribution in [0.3, 0.4) is 0 Å². The van der Waals surface area contributed by atoms with Crippen molar-refractivity contribution in [1.82, 2.24) is 0 Å². The molecule has 0 saturated heterocycles. The second kappa shape index (κ2) is 4.77. The summed E-state index contributed by atoms with van der Waals surface area (Å²) in [7, 11) is 0. The van der Waals surface area contributed by atoms with E-state index < -0.39 is 0 Å². The minimum Gasteiger partial charge on any atom is -0.330 e. The summed E-state index contributed by atoms with van der Waals surface area (Å²) in [5.74, 6) is 1.42. The molecule has 0 bridgehead atoms. The molecule has 0 aliphatic heterocycles. The average molecular weight is 274 g/mol. The van der Waals surface area contributed by atoms with Gasteiger partial charge < -0.3 is 5.73 Å². The van der Waals surface area contributed by atoms with E-state index in [9.17, 15) is 0 Å². The van der Waals surface area contributed by atoms with E-state index in [-0.39, 0.29) is 0 Å². The Bertz CT molecular complexity index is 297. The van der Waals surface area contributed by atoms with E-state index in [1.165, 1.54) is 35.0 Å². The lowest BCUT2D eigenvalue weighted by molar-refractivity contribution is 0.317. The zero-order chi connectivity index (χ0) is 9.97. The fourth-order valence-corrected chi connectivity index (χ4v) is 4.30. The van der Waals surface area contributed by atoms with Crippen LogP contribution in [0.4, 0.5) is 0 Å². The molecule has 1 saturated carbocycles. The van der Waals surface area contributed by atoms with Crippen molar-refractivity contribution in [3.05, 3.63) is 20.8 Å². The Hall–Kier alpha value is 0.140. The first-order valence-corrected chi connectivity index (χ1v) is 6.93. The van der Waals surface area contributed by atoms with Gasteiger partial charge in [-0.05, 0) is 58.6 Å². The maximum Gasteiger partial charge on any atom is 0.0317 e. The lowest BCUT2D eigenvalue weighted by Gasteiger charge is -2.30. The molecule has 1 aromatic heterocycles. The van der Waals surface area contributed by atoms with E-state index in [0.29, 0.717) is 11.8 Å². The fourth-order valence-electron chi connectivity index (χ4n) is 2.40. The Labute approximate surface area is 97.8 Å². The van der Waals surface area contributed by atoms with Crippen molar-refractivity contribution in [2.24, 2.45) is 11.7 Å². The van der Waals surface area contributed by atoms with Crippen molar-refractivity contribution in [3.8, 4) is 0 Å². The molecule has 2 N–H and O–H groups in total. The number of hydrogen-bond acceptors (Lipinski definition) is 2. The van der Waals surface area contributed by atoms with Crippen LogP contribution in [0.2, 0.25) is 0 Å². The fraction of sp³-hybridized carbons (Fsp3) is 0.636. The largest absolute Gasteiger partial charge is 0.330 e. The lowest BCUT2D eigenvalue weighted by Crippen LogP contribution is -2.24. The molecule has 2 atom stereocenters. The quantitative estimate of drug-likeness (QED) is 0.873. The summed E-state index contributed by atoms with van der Waals surface area (Å²) in [5.41, 5.74) is 5.84. The molecular weight excluding hydrogens is 258 g/mol. The summed E-state index contributed by atoms with van der Waals surface area (Å²) < 4.78 is 1.29. The highest BCUT2D eigenvalue weighted by atomic mass is 79.9. The molecule has 0 spiro atoms. The summed E-state index contributed by atoms with van der Waals surface area (Å²) in [6.45, 7) is 0.842. The van der Waals surface area contributed by atoms with Crippen LogP contribution in [0.1, 0.15) is 36.5 Å². The Kier molecular flexibility index (Phi) is 3.63. The van der Waals surface area contributed by atoms with Crippen molar-refractivity contribution in [2.75, 3.05) is 6.54 Å². The molecule has 0 radical (unpaired) electrons. The molecule has 2 unspecified atom stereocenters. The van der Waals surface area contributed by atoms with Crippen LogP contribution in [0, 0.1) is 5.92 Å². The predicted octanol–water partition coefficient (Wildman–Crippen LogP) is 3.74. The molecular formula is C11H16BrNS. The normalized spacial score (nSPS) is 27.9. The van der Waals surface area contributed by atoms with Gasteiger partial charge in [0.1, 0.15) is 0 Å². The number of hydrogen-bond donors (Lipinski definition) is 1. The highest BCUT2D eigenvalue weighted by Gasteiger charge is 2.27. The first-order chi connectivity index (χ1) is 6.83. The van der Waals surface area contributed by atoms with Gasteiger partial charge in [0.25, 0.3) is 0 Å². The smallest absolute Gasteiger partial charge is 0.0317 e. The third-order valence-electron chi connectivity index (χ3n) is 3.19. The van der Waals surface area contributed by atoms with Gasteiger partial charge in [0, 0.05) is 9.35 Å². The van der Waals surface area contributed by atoms with Crippen molar-refractivity contribution in [1.29, 1.82) is 0 Å². The van der Waals surface area contributed by atoms with Crippen molar-refractivity contribution in [3.63, 3.8) is 0 Å². The number of thiophene rings is 1. The van der Waals surface area contributed by atoms with Crippen molar-refractivity contribution in [2.45, 2.75) is 31.6 Å². The average Bonchev–Trinajstić information content (AvgIpc) is 2.64. The van der Waals surface area contributed by atoms with E-state index in [2.05, 4.69) is 27.4 Å². The number of nitrogens with two attached hydrogens (primary N) is 1. The lowest BCUT2D eigenvalue weighted by atomic mass is 9.78. The Morgan fingerprint density at radius 3 is 2.86 bits per heavy atom. The third-order valence-corrected chi connectivity index (χ3v) is 5.20. The molecule has 0 amide bonds. The number of rotatable bonds is 2. The van der Waals surface area contributed by atoms with Gasteiger partial charge in [0.2, 0.25) is 0 Å². The second-order valence-electron chi connectivity index (χ2n) is 4.02. The number of halogens is 1. The van der Waals surface area contributed by atoms with E-state index >= 15 is 0 Å². The molecule has 1 nitrogen and oxygen atoms in total. The molecule has 3 heteroatoms. The molecule has 78 valence electrons. The van der Waals surface area contributed by atoms with Gasteiger partial charge in [-0.1, -0.05) is 12.8 Å². The van der Waals surface area contributed by atoms with Crippen LogP contribution in [-0.4, -0.2) is 6.54 Å². The highest BCUT2D eigenvalue weighted by Crippen LogP contribution is 2.42. The van der Waals surface area contributed by atoms with Crippen LogP contribution in [-0.2, 0) is 0 Å². The minimum absolute atomic E-state index is 0.707. The maximum absolute atomic E-state index is 5.84. The van der Waals surface area contributed by atoms with Crippen molar-refractivity contribution < 1.29 is 0 Å². The zero-order valence-corrected chi connectivity index (χ0v) is 10.6. The molecule has 1 aliphatic carbocycles. The predicted molar refractivity (Wildman–Crippen MR) is 65.8 cm³/mol. The molecule has 1 aliphatic rings. The van der Waals surface area contributed by atoms with Gasteiger partial charge in [-0.25, -0.2) is 0 Å². The Morgan fingerprint density at radius 2 is 2.21 bits per heavy atom. The van der Waals surface area contributed by atoms with Crippen LogP contribution >= 0.6 is 27.3 Å². The monoisotopic (exact) mass is 273 g/mol. The molecule has 2 rings (SSSR count). The minimum atomic E-state index is 0.707. The summed E-state index contributed by atoms with van der Waals surface area (Å²) >= 11 is 5.50. The van der Waals surface area contributed by atoms with Gasteiger partial charge in [-0.3, -0.25) is 0 Å². The first kappa shape index (κ1) is 10.7. The van der Waals surface area contributed by atoms with Gasteiger partial charge in [0.05, 0.1) is 0 Å². The topological polar surface area (TPSA) is 26.0 Å². The molecule has 1 aromatic rings. The molecule has 1 heterocycles. The Balaban J connectivity index is 2.19. The standard InChI is InChI=1S/C11H16BrNS/c12-10-5-6-14-11(10)9-4-2-1-3-8(9)7-13/h5-6,8-9H,1-4,7,13H2. The molecule has 14 heavy (non-hydrogen) atoms. The Morgan fingerprint density at radius 1 is 1.43 bits per heavy atom. The van der Waals surface area contributed by atoms with Crippen LogP contribution in [0.15, 0.2) is 15.9 Å². The van der Waals surface area contributed by atoms with E-state index in [0.717, 1.165) is 6.54 Å².